The lowest BCUT2D eigenvalue weighted by Crippen LogP contribution is -1.95. The molecule has 1 rings (SSSR count). The van der Waals surface area contributed by atoms with Crippen LogP contribution in [0.5, 0.6) is 0 Å². The number of aromatic nitrogens is 2. The maximum absolute atomic E-state index is 5.69. The predicted octanol–water partition coefficient (Wildman–Crippen LogP) is 1.52. The highest BCUT2D eigenvalue weighted by atomic mass is 15.3. The Morgan fingerprint density at radius 1 is 1.73 bits per heavy atom. The molecule has 0 saturated carbocycles. The Labute approximate surface area is 67.2 Å². The van der Waals surface area contributed by atoms with Crippen molar-refractivity contribution in [3.05, 3.63) is 11.8 Å². The molecule has 2 N–H and O–H groups in total. The van der Waals surface area contributed by atoms with E-state index in [1.165, 1.54) is 0 Å². The molecule has 0 fully saturated rings. The van der Waals surface area contributed by atoms with Gasteiger partial charge < -0.3 is 5.73 Å². The van der Waals surface area contributed by atoms with Crippen molar-refractivity contribution in [2.24, 2.45) is 7.05 Å². The summed E-state index contributed by atoms with van der Waals surface area (Å²) in [4.78, 5) is 0. The van der Waals surface area contributed by atoms with E-state index in [-0.39, 0.29) is 0 Å². The number of aryl methyl sites for hydroxylation is 1. The van der Waals surface area contributed by atoms with E-state index in [2.05, 4.69) is 18.9 Å². The van der Waals surface area contributed by atoms with E-state index in [4.69, 9.17) is 5.73 Å². The van der Waals surface area contributed by atoms with Gasteiger partial charge in [0.2, 0.25) is 0 Å². The topological polar surface area (TPSA) is 43.8 Å². The van der Waals surface area contributed by atoms with E-state index in [1.807, 2.05) is 13.2 Å². The highest BCUT2D eigenvalue weighted by Crippen LogP contribution is 2.22. The molecule has 0 aliphatic carbocycles. The van der Waals surface area contributed by atoms with Gasteiger partial charge in [-0.05, 0) is 12.3 Å². The Morgan fingerprint density at radius 2 is 2.36 bits per heavy atom. The van der Waals surface area contributed by atoms with Gasteiger partial charge in [0.15, 0.2) is 0 Å². The van der Waals surface area contributed by atoms with E-state index in [1.54, 1.807) is 4.68 Å². The largest absolute Gasteiger partial charge is 0.382 e. The zero-order valence-electron chi connectivity index (χ0n) is 7.33. The van der Waals surface area contributed by atoms with Crippen molar-refractivity contribution < 1.29 is 0 Å². The minimum absolute atomic E-state index is 0.517. The second kappa shape index (κ2) is 2.95. The molecule has 3 heteroatoms. The average Bonchev–Trinajstić information content (AvgIpc) is 2.28. The van der Waals surface area contributed by atoms with Crippen molar-refractivity contribution in [1.82, 2.24) is 9.78 Å². The lowest BCUT2D eigenvalue weighted by atomic mass is 10.0. The molecule has 1 aromatic heterocycles. The fraction of sp³-hybridized carbons (Fsp3) is 0.625. The van der Waals surface area contributed by atoms with Gasteiger partial charge in [0.05, 0.1) is 0 Å². The zero-order chi connectivity index (χ0) is 8.43. The molecule has 0 amide bonds. The lowest BCUT2D eigenvalue weighted by molar-refractivity contribution is 0.728. The van der Waals surface area contributed by atoms with Crippen molar-refractivity contribution in [1.29, 1.82) is 0 Å². The Hall–Kier alpha value is -0.990. The number of nitrogens with two attached hydrogens (primary N) is 1. The first-order valence-electron chi connectivity index (χ1n) is 3.94. The van der Waals surface area contributed by atoms with Gasteiger partial charge in [-0.3, -0.25) is 4.68 Å². The van der Waals surface area contributed by atoms with Gasteiger partial charge in [-0.2, -0.15) is 5.10 Å². The van der Waals surface area contributed by atoms with Gasteiger partial charge in [0.25, 0.3) is 0 Å². The number of rotatable bonds is 2. The number of hydrogen-bond acceptors (Lipinski definition) is 2. The second-order valence-electron chi connectivity index (χ2n) is 2.95. The van der Waals surface area contributed by atoms with Crippen LogP contribution in [0.2, 0.25) is 0 Å². The van der Waals surface area contributed by atoms with Gasteiger partial charge in [-0.15, -0.1) is 0 Å². The van der Waals surface area contributed by atoms with Crippen molar-refractivity contribution in [2.45, 2.75) is 26.2 Å². The Kier molecular flexibility index (Phi) is 2.17. The third kappa shape index (κ3) is 1.53. The number of nitrogens with zero attached hydrogens (tertiary/aromatic N) is 2. The van der Waals surface area contributed by atoms with Crippen LogP contribution in [0.3, 0.4) is 0 Å². The normalized spacial score (nSPS) is 13.4. The van der Waals surface area contributed by atoms with Crippen molar-refractivity contribution >= 4 is 5.82 Å². The smallest absolute Gasteiger partial charge is 0.148 e. The molecule has 0 bridgehead atoms. The average molecular weight is 153 g/mol. The van der Waals surface area contributed by atoms with Crippen LogP contribution in [-0.4, -0.2) is 9.78 Å². The first-order valence-corrected chi connectivity index (χ1v) is 3.94. The van der Waals surface area contributed by atoms with Crippen LogP contribution in [-0.2, 0) is 7.05 Å². The summed E-state index contributed by atoms with van der Waals surface area (Å²) >= 11 is 0. The van der Waals surface area contributed by atoms with Gasteiger partial charge in [-0.1, -0.05) is 13.8 Å². The monoisotopic (exact) mass is 153 g/mol. The van der Waals surface area contributed by atoms with Gasteiger partial charge in [0, 0.05) is 18.8 Å². The maximum atomic E-state index is 5.69. The van der Waals surface area contributed by atoms with E-state index < -0.39 is 0 Å². The van der Waals surface area contributed by atoms with Crippen LogP contribution in [0.1, 0.15) is 31.7 Å². The summed E-state index contributed by atoms with van der Waals surface area (Å²) < 4.78 is 1.76. The number of anilines is 1. The van der Waals surface area contributed by atoms with E-state index >= 15 is 0 Å². The SMILES string of the molecule is CCC(C)c1cn(C)nc1N. The van der Waals surface area contributed by atoms with E-state index in [0.717, 1.165) is 12.0 Å². The molecule has 0 radical (unpaired) electrons. The highest BCUT2D eigenvalue weighted by molar-refractivity contribution is 5.39. The summed E-state index contributed by atoms with van der Waals surface area (Å²) in [6.45, 7) is 4.31. The molecule has 1 unspecified atom stereocenters. The molecule has 0 saturated heterocycles. The van der Waals surface area contributed by atoms with E-state index in [0.29, 0.717) is 11.7 Å². The third-order valence-electron chi connectivity index (χ3n) is 2.03. The Balaban J connectivity index is 2.93. The Morgan fingerprint density at radius 3 is 2.73 bits per heavy atom. The fourth-order valence-corrected chi connectivity index (χ4v) is 1.12. The third-order valence-corrected chi connectivity index (χ3v) is 2.03. The maximum Gasteiger partial charge on any atom is 0.148 e. The number of nitrogen functional groups attached to an aromatic ring is 1. The molecular weight excluding hydrogens is 138 g/mol. The zero-order valence-corrected chi connectivity index (χ0v) is 7.33. The van der Waals surface area contributed by atoms with Gasteiger partial charge >= 0.3 is 0 Å². The number of hydrogen-bond donors (Lipinski definition) is 1. The van der Waals surface area contributed by atoms with Crippen LogP contribution in [0.15, 0.2) is 6.20 Å². The predicted molar refractivity (Wildman–Crippen MR) is 46.3 cm³/mol. The van der Waals surface area contributed by atoms with Crippen LogP contribution < -0.4 is 5.73 Å². The molecule has 0 aliphatic heterocycles. The second-order valence-corrected chi connectivity index (χ2v) is 2.95. The summed E-state index contributed by atoms with van der Waals surface area (Å²) in [5.74, 6) is 1.19. The van der Waals surface area contributed by atoms with Gasteiger partial charge in [0.1, 0.15) is 5.82 Å². The molecule has 0 aromatic carbocycles. The molecular formula is C8H15N3. The minimum Gasteiger partial charge on any atom is -0.382 e. The first kappa shape index (κ1) is 8.11. The fourth-order valence-electron chi connectivity index (χ4n) is 1.12. The first-order chi connectivity index (χ1) is 5.15. The standard InChI is InChI=1S/C8H15N3/c1-4-6(2)7-5-11(3)10-8(7)9/h5-6H,4H2,1-3H3,(H2,9,10). The van der Waals surface area contributed by atoms with Crippen LogP contribution >= 0.6 is 0 Å². The van der Waals surface area contributed by atoms with Crippen molar-refractivity contribution in [3.63, 3.8) is 0 Å². The summed E-state index contributed by atoms with van der Waals surface area (Å²) in [6, 6.07) is 0. The quantitative estimate of drug-likeness (QED) is 0.700. The Bertz CT molecular complexity index is 239. The summed E-state index contributed by atoms with van der Waals surface area (Å²) in [5.41, 5.74) is 6.85. The lowest BCUT2D eigenvalue weighted by Gasteiger charge is -2.04. The minimum atomic E-state index is 0.517. The molecule has 3 nitrogen and oxygen atoms in total. The molecule has 62 valence electrons. The van der Waals surface area contributed by atoms with Crippen LogP contribution in [0.4, 0.5) is 5.82 Å². The van der Waals surface area contributed by atoms with Crippen LogP contribution in [0.25, 0.3) is 0 Å². The van der Waals surface area contributed by atoms with Crippen molar-refractivity contribution in [2.75, 3.05) is 5.73 Å². The summed E-state index contributed by atoms with van der Waals surface area (Å²) in [5, 5.41) is 4.07. The molecule has 1 atom stereocenters. The van der Waals surface area contributed by atoms with Crippen molar-refractivity contribution in [3.8, 4) is 0 Å². The molecule has 0 spiro atoms. The molecule has 1 aromatic rings. The summed E-state index contributed by atoms with van der Waals surface area (Å²) in [6.07, 6.45) is 3.10. The summed E-state index contributed by atoms with van der Waals surface area (Å²) in [7, 11) is 1.89. The highest BCUT2D eigenvalue weighted by Gasteiger charge is 2.09. The van der Waals surface area contributed by atoms with Gasteiger partial charge in [-0.25, -0.2) is 0 Å². The van der Waals surface area contributed by atoms with E-state index in [9.17, 15) is 0 Å². The molecule has 1 heterocycles. The molecule has 0 aliphatic rings. The molecule has 11 heavy (non-hydrogen) atoms. The van der Waals surface area contributed by atoms with Crippen LogP contribution in [0, 0.1) is 0 Å².